The standard InChI is InChI=1S/C14H21N3O3S.ClH/c1-10-3-4-11(15)9-13(10)14(18)16-12-5-7-17(8-6-12)21(2,19)20;/h3-4,9,12H,5-8,15H2,1-2H3,(H,16,18);1H. The minimum atomic E-state index is -3.14. The lowest BCUT2D eigenvalue weighted by Gasteiger charge is -2.30. The summed E-state index contributed by atoms with van der Waals surface area (Å²) in [7, 11) is -3.14. The van der Waals surface area contributed by atoms with Gasteiger partial charge in [-0.05, 0) is 37.5 Å². The van der Waals surface area contributed by atoms with Crippen LogP contribution in [0, 0.1) is 6.92 Å². The summed E-state index contributed by atoms with van der Waals surface area (Å²) in [5.74, 6) is -0.155. The minimum Gasteiger partial charge on any atom is -0.399 e. The van der Waals surface area contributed by atoms with Gasteiger partial charge in [-0.15, -0.1) is 12.4 Å². The molecule has 0 saturated carbocycles. The molecular weight excluding hydrogens is 326 g/mol. The molecule has 2 rings (SSSR count). The van der Waals surface area contributed by atoms with Gasteiger partial charge in [0, 0.05) is 30.4 Å². The Morgan fingerprint density at radius 2 is 1.91 bits per heavy atom. The minimum absolute atomic E-state index is 0. The fourth-order valence-electron chi connectivity index (χ4n) is 2.48. The molecule has 1 heterocycles. The van der Waals surface area contributed by atoms with Gasteiger partial charge < -0.3 is 11.1 Å². The lowest BCUT2D eigenvalue weighted by molar-refractivity contribution is 0.0923. The molecule has 124 valence electrons. The van der Waals surface area contributed by atoms with E-state index >= 15 is 0 Å². The maximum atomic E-state index is 12.3. The van der Waals surface area contributed by atoms with E-state index in [9.17, 15) is 13.2 Å². The van der Waals surface area contributed by atoms with Crippen molar-refractivity contribution in [2.24, 2.45) is 0 Å². The number of nitrogens with two attached hydrogens (primary N) is 1. The SMILES string of the molecule is Cc1ccc(N)cc1C(=O)NC1CCN(S(C)(=O)=O)CC1.Cl. The summed E-state index contributed by atoms with van der Waals surface area (Å²) in [6.07, 6.45) is 2.46. The van der Waals surface area contributed by atoms with Crippen LogP contribution in [0.4, 0.5) is 5.69 Å². The molecule has 1 fully saturated rings. The van der Waals surface area contributed by atoms with Crippen LogP contribution < -0.4 is 11.1 Å². The highest BCUT2D eigenvalue weighted by molar-refractivity contribution is 7.88. The van der Waals surface area contributed by atoms with E-state index in [4.69, 9.17) is 5.73 Å². The molecule has 1 aliphatic rings. The van der Waals surface area contributed by atoms with E-state index in [2.05, 4.69) is 5.32 Å². The van der Waals surface area contributed by atoms with Crippen LogP contribution >= 0.6 is 12.4 Å². The number of nitrogens with zero attached hydrogens (tertiary/aromatic N) is 1. The van der Waals surface area contributed by atoms with Crippen molar-refractivity contribution >= 4 is 34.0 Å². The predicted molar refractivity (Wildman–Crippen MR) is 89.7 cm³/mol. The Bertz CT molecular complexity index is 641. The molecule has 0 unspecified atom stereocenters. The lowest BCUT2D eigenvalue weighted by Crippen LogP contribution is -2.46. The fourth-order valence-corrected chi connectivity index (χ4v) is 3.35. The monoisotopic (exact) mass is 347 g/mol. The molecule has 0 aliphatic carbocycles. The van der Waals surface area contributed by atoms with Crippen molar-refractivity contribution in [1.82, 2.24) is 9.62 Å². The maximum absolute atomic E-state index is 12.3. The molecule has 0 spiro atoms. The first-order valence-electron chi connectivity index (χ1n) is 6.89. The highest BCUT2D eigenvalue weighted by atomic mass is 35.5. The van der Waals surface area contributed by atoms with Crippen molar-refractivity contribution in [1.29, 1.82) is 0 Å². The Balaban J connectivity index is 0.00000242. The van der Waals surface area contributed by atoms with E-state index < -0.39 is 10.0 Å². The molecule has 0 radical (unpaired) electrons. The van der Waals surface area contributed by atoms with Gasteiger partial charge in [0.15, 0.2) is 0 Å². The fraction of sp³-hybridized carbons (Fsp3) is 0.500. The van der Waals surface area contributed by atoms with E-state index in [0.29, 0.717) is 37.2 Å². The normalized spacial score (nSPS) is 16.8. The number of carbonyl (C=O) groups is 1. The Morgan fingerprint density at radius 1 is 1.32 bits per heavy atom. The number of carbonyl (C=O) groups excluding carboxylic acids is 1. The van der Waals surface area contributed by atoms with E-state index in [1.807, 2.05) is 13.0 Å². The van der Waals surface area contributed by atoms with Gasteiger partial charge in [0.1, 0.15) is 0 Å². The first-order valence-corrected chi connectivity index (χ1v) is 8.74. The van der Waals surface area contributed by atoms with Gasteiger partial charge in [0.25, 0.3) is 5.91 Å². The molecule has 1 saturated heterocycles. The molecule has 1 aliphatic heterocycles. The summed E-state index contributed by atoms with van der Waals surface area (Å²) in [5.41, 5.74) is 7.71. The van der Waals surface area contributed by atoms with Crippen molar-refractivity contribution in [3.8, 4) is 0 Å². The van der Waals surface area contributed by atoms with Gasteiger partial charge in [-0.3, -0.25) is 4.79 Å². The zero-order chi connectivity index (χ0) is 15.6. The van der Waals surface area contributed by atoms with Crippen LogP contribution in [-0.2, 0) is 10.0 Å². The van der Waals surface area contributed by atoms with E-state index in [0.717, 1.165) is 5.56 Å². The largest absolute Gasteiger partial charge is 0.399 e. The number of hydrogen-bond donors (Lipinski definition) is 2. The third-order valence-electron chi connectivity index (χ3n) is 3.76. The summed E-state index contributed by atoms with van der Waals surface area (Å²) in [6, 6.07) is 5.24. The number of aryl methyl sites for hydroxylation is 1. The molecule has 0 atom stereocenters. The second kappa shape index (κ2) is 7.30. The van der Waals surface area contributed by atoms with Crippen molar-refractivity contribution < 1.29 is 13.2 Å². The first kappa shape index (κ1) is 18.7. The van der Waals surface area contributed by atoms with Gasteiger partial charge in [0.2, 0.25) is 10.0 Å². The highest BCUT2D eigenvalue weighted by Gasteiger charge is 2.26. The zero-order valence-corrected chi connectivity index (χ0v) is 14.3. The molecular formula is C14H22ClN3O3S. The number of piperidine rings is 1. The Labute approximate surface area is 137 Å². The van der Waals surface area contributed by atoms with E-state index in [1.54, 1.807) is 12.1 Å². The van der Waals surface area contributed by atoms with Gasteiger partial charge in [0.05, 0.1) is 6.26 Å². The third-order valence-corrected chi connectivity index (χ3v) is 5.07. The highest BCUT2D eigenvalue weighted by Crippen LogP contribution is 2.16. The smallest absolute Gasteiger partial charge is 0.251 e. The van der Waals surface area contributed by atoms with Crippen LogP contribution in [0.2, 0.25) is 0 Å². The molecule has 1 amide bonds. The van der Waals surface area contributed by atoms with Gasteiger partial charge >= 0.3 is 0 Å². The summed E-state index contributed by atoms with van der Waals surface area (Å²) < 4.78 is 24.3. The number of anilines is 1. The number of sulfonamides is 1. The van der Waals surface area contributed by atoms with Gasteiger partial charge in [-0.25, -0.2) is 12.7 Å². The number of rotatable bonds is 3. The van der Waals surface area contributed by atoms with Crippen molar-refractivity contribution in [2.45, 2.75) is 25.8 Å². The number of hydrogen-bond acceptors (Lipinski definition) is 4. The topological polar surface area (TPSA) is 92.5 Å². The molecule has 22 heavy (non-hydrogen) atoms. The summed E-state index contributed by atoms with van der Waals surface area (Å²) >= 11 is 0. The second-order valence-corrected chi connectivity index (χ2v) is 7.47. The number of nitrogens with one attached hydrogen (secondary N) is 1. The van der Waals surface area contributed by atoms with Gasteiger partial charge in [-0.2, -0.15) is 0 Å². The second-order valence-electron chi connectivity index (χ2n) is 5.48. The number of benzene rings is 1. The van der Waals surface area contributed by atoms with Crippen LogP contribution in [0.25, 0.3) is 0 Å². The van der Waals surface area contributed by atoms with E-state index in [-0.39, 0.29) is 24.4 Å². The third kappa shape index (κ3) is 4.59. The van der Waals surface area contributed by atoms with Gasteiger partial charge in [-0.1, -0.05) is 6.07 Å². The molecule has 1 aromatic rings. The van der Waals surface area contributed by atoms with Crippen molar-refractivity contribution in [2.75, 3.05) is 25.1 Å². The number of nitrogen functional groups attached to an aromatic ring is 1. The summed E-state index contributed by atoms with van der Waals surface area (Å²) in [5, 5.41) is 2.96. The molecule has 1 aromatic carbocycles. The molecule has 0 aromatic heterocycles. The van der Waals surface area contributed by atoms with Crippen LogP contribution in [0.1, 0.15) is 28.8 Å². The Morgan fingerprint density at radius 3 is 2.45 bits per heavy atom. The average Bonchev–Trinajstić information content (AvgIpc) is 2.41. The van der Waals surface area contributed by atoms with Crippen LogP contribution in [0.15, 0.2) is 18.2 Å². The lowest BCUT2D eigenvalue weighted by atomic mass is 10.0. The van der Waals surface area contributed by atoms with E-state index in [1.165, 1.54) is 10.6 Å². The summed E-state index contributed by atoms with van der Waals surface area (Å²) in [4.78, 5) is 12.3. The maximum Gasteiger partial charge on any atom is 0.251 e. The molecule has 6 nitrogen and oxygen atoms in total. The number of halogens is 1. The van der Waals surface area contributed by atoms with Crippen LogP contribution in [0.5, 0.6) is 0 Å². The molecule has 0 bridgehead atoms. The quantitative estimate of drug-likeness (QED) is 0.802. The zero-order valence-electron chi connectivity index (χ0n) is 12.7. The predicted octanol–water partition coefficient (Wildman–Crippen LogP) is 1.15. The van der Waals surface area contributed by atoms with Crippen molar-refractivity contribution in [3.63, 3.8) is 0 Å². The molecule has 8 heteroatoms. The van der Waals surface area contributed by atoms with Crippen LogP contribution in [0.3, 0.4) is 0 Å². The summed E-state index contributed by atoms with van der Waals surface area (Å²) in [6.45, 7) is 2.75. The Hall–Kier alpha value is -1.31. The average molecular weight is 348 g/mol. The molecule has 3 N–H and O–H groups in total. The number of amides is 1. The van der Waals surface area contributed by atoms with Crippen molar-refractivity contribution in [3.05, 3.63) is 29.3 Å². The van der Waals surface area contributed by atoms with Crippen LogP contribution in [-0.4, -0.2) is 44.0 Å². The Kier molecular flexibility index (Phi) is 6.22. The first-order chi connectivity index (χ1) is 9.77.